The van der Waals surface area contributed by atoms with Gasteiger partial charge in [-0.2, -0.15) is 4.37 Å². The normalized spacial score (nSPS) is 11.0. The lowest BCUT2D eigenvalue weighted by Crippen LogP contribution is -2.04. The molecule has 2 aromatic carbocycles. The summed E-state index contributed by atoms with van der Waals surface area (Å²) in [7, 11) is 4.83. The molecule has 0 radical (unpaired) electrons. The maximum absolute atomic E-state index is 5.79. The van der Waals surface area contributed by atoms with E-state index < -0.39 is 0 Å². The molecule has 0 bridgehead atoms. The Labute approximate surface area is 167 Å². The topological polar surface area (TPSA) is 71.5 Å². The van der Waals surface area contributed by atoms with E-state index in [0.29, 0.717) is 23.9 Å². The van der Waals surface area contributed by atoms with E-state index >= 15 is 0 Å². The summed E-state index contributed by atoms with van der Waals surface area (Å²) in [6.07, 6.45) is 3.87. The van der Waals surface area contributed by atoms with Crippen LogP contribution < -0.4 is 19.9 Å². The number of benzene rings is 2. The summed E-state index contributed by atoms with van der Waals surface area (Å²) in [5.41, 5.74) is 9.99. The van der Waals surface area contributed by atoms with Gasteiger partial charge in [-0.15, -0.1) is 0 Å². The highest BCUT2D eigenvalue weighted by Gasteiger charge is 2.18. The zero-order chi connectivity index (χ0) is 19.7. The predicted molar refractivity (Wildman–Crippen MR) is 112 cm³/mol. The second-order valence-electron chi connectivity index (χ2n) is 6.22. The van der Waals surface area contributed by atoms with Crippen LogP contribution in [-0.2, 0) is 6.67 Å². The lowest BCUT2D eigenvalue weighted by atomic mass is 10.0. The first-order valence-corrected chi connectivity index (χ1v) is 9.52. The van der Waals surface area contributed by atoms with Gasteiger partial charge in [0.05, 0.1) is 32.9 Å². The van der Waals surface area contributed by atoms with Crippen molar-refractivity contribution in [2.75, 3.05) is 21.3 Å². The Morgan fingerprint density at radius 2 is 1.71 bits per heavy atom. The van der Waals surface area contributed by atoms with Crippen molar-refractivity contribution in [2.45, 2.75) is 6.67 Å². The molecule has 0 amide bonds. The summed E-state index contributed by atoms with van der Waals surface area (Å²) in [6.45, 7) is 0.458. The first-order chi connectivity index (χ1) is 13.7. The van der Waals surface area contributed by atoms with Gasteiger partial charge in [-0.25, -0.2) is 0 Å². The molecule has 4 rings (SSSR count). The number of hydrogen-bond donors (Lipinski definition) is 1. The van der Waals surface area contributed by atoms with Crippen molar-refractivity contribution < 1.29 is 14.2 Å². The molecule has 7 heteroatoms. The Balaban J connectivity index is 1.84. The van der Waals surface area contributed by atoms with Gasteiger partial charge in [0.1, 0.15) is 0 Å². The van der Waals surface area contributed by atoms with Crippen molar-refractivity contribution in [1.29, 1.82) is 0 Å². The number of fused-ring (bicyclic) bond motifs is 1. The van der Waals surface area contributed by atoms with Crippen molar-refractivity contribution >= 4 is 22.4 Å². The van der Waals surface area contributed by atoms with Crippen LogP contribution in [0.2, 0.25) is 0 Å². The monoisotopic (exact) mass is 395 g/mol. The molecule has 0 aliphatic heterocycles. The van der Waals surface area contributed by atoms with Crippen LogP contribution in [0.1, 0.15) is 0 Å². The molecule has 0 fully saturated rings. The molecule has 2 aromatic heterocycles. The molecule has 2 N–H and O–H groups in total. The molecule has 28 heavy (non-hydrogen) atoms. The smallest absolute Gasteiger partial charge is 0.203 e. The lowest BCUT2D eigenvalue weighted by Gasteiger charge is -2.14. The van der Waals surface area contributed by atoms with Crippen molar-refractivity contribution in [1.82, 2.24) is 8.94 Å². The summed E-state index contributed by atoms with van der Waals surface area (Å²) in [6, 6.07) is 12.3. The Morgan fingerprint density at radius 1 is 0.964 bits per heavy atom. The minimum atomic E-state index is 0.458. The number of nitrogens with two attached hydrogens (primary N) is 1. The molecule has 0 aliphatic rings. The highest BCUT2D eigenvalue weighted by molar-refractivity contribution is 7.10. The predicted octanol–water partition coefficient (Wildman–Crippen LogP) is 4.37. The van der Waals surface area contributed by atoms with Crippen LogP contribution >= 0.6 is 11.5 Å². The molecule has 0 saturated heterocycles. The van der Waals surface area contributed by atoms with Gasteiger partial charge in [0, 0.05) is 28.9 Å². The molecule has 0 saturated carbocycles. The third kappa shape index (κ3) is 2.98. The number of rotatable bonds is 6. The first kappa shape index (κ1) is 18.3. The molecule has 6 nitrogen and oxygen atoms in total. The van der Waals surface area contributed by atoms with Gasteiger partial charge >= 0.3 is 0 Å². The van der Waals surface area contributed by atoms with Crippen molar-refractivity contribution in [3.05, 3.63) is 48.8 Å². The molecule has 144 valence electrons. The molecular formula is C21H21N3O3S. The van der Waals surface area contributed by atoms with E-state index in [0.717, 1.165) is 32.5 Å². The summed E-state index contributed by atoms with van der Waals surface area (Å²) < 4.78 is 22.9. The van der Waals surface area contributed by atoms with E-state index in [-0.39, 0.29) is 0 Å². The molecule has 2 heterocycles. The van der Waals surface area contributed by atoms with Gasteiger partial charge < -0.3 is 24.5 Å². The van der Waals surface area contributed by atoms with E-state index in [4.69, 9.17) is 19.9 Å². The Hall–Kier alpha value is -3.03. The van der Waals surface area contributed by atoms with Crippen LogP contribution in [0.3, 0.4) is 0 Å². The second kappa shape index (κ2) is 7.53. The van der Waals surface area contributed by atoms with Gasteiger partial charge in [0.15, 0.2) is 11.5 Å². The highest BCUT2D eigenvalue weighted by atomic mass is 32.1. The largest absolute Gasteiger partial charge is 0.493 e. The average molecular weight is 395 g/mol. The van der Waals surface area contributed by atoms with E-state index in [1.807, 2.05) is 29.1 Å². The molecule has 0 spiro atoms. The molecule has 0 aliphatic carbocycles. The number of nitrogens with zero attached hydrogens (tertiary/aromatic N) is 2. The van der Waals surface area contributed by atoms with E-state index in [2.05, 4.69) is 28.6 Å². The number of methoxy groups -OCH3 is 3. The number of aromatic nitrogens is 2. The molecular weight excluding hydrogens is 374 g/mol. The average Bonchev–Trinajstić information content (AvgIpc) is 3.38. The fraction of sp³-hybridized carbons (Fsp3) is 0.190. The van der Waals surface area contributed by atoms with Gasteiger partial charge in [-0.1, -0.05) is 6.07 Å². The minimum Gasteiger partial charge on any atom is -0.493 e. The van der Waals surface area contributed by atoms with E-state index in [1.54, 1.807) is 21.3 Å². The summed E-state index contributed by atoms with van der Waals surface area (Å²) in [5.74, 6) is 1.80. The summed E-state index contributed by atoms with van der Waals surface area (Å²) in [5, 5.41) is 1.15. The minimum absolute atomic E-state index is 0.458. The Morgan fingerprint density at radius 3 is 2.36 bits per heavy atom. The number of ether oxygens (including phenoxy) is 3. The fourth-order valence-corrected chi connectivity index (χ4v) is 4.16. The Kier molecular flexibility index (Phi) is 4.93. The quantitative estimate of drug-likeness (QED) is 0.525. The van der Waals surface area contributed by atoms with Crippen LogP contribution in [0.15, 0.2) is 48.8 Å². The summed E-state index contributed by atoms with van der Waals surface area (Å²) in [4.78, 5) is 1.08. The van der Waals surface area contributed by atoms with Crippen LogP contribution in [0.5, 0.6) is 17.2 Å². The zero-order valence-corrected chi connectivity index (χ0v) is 16.7. The van der Waals surface area contributed by atoms with Gasteiger partial charge in [0.2, 0.25) is 5.75 Å². The van der Waals surface area contributed by atoms with Crippen LogP contribution in [0, 0.1) is 0 Å². The molecule has 4 aromatic rings. The maximum atomic E-state index is 5.79. The molecule has 0 atom stereocenters. The molecule has 0 unspecified atom stereocenters. The van der Waals surface area contributed by atoms with Crippen LogP contribution in [-0.4, -0.2) is 30.3 Å². The highest BCUT2D eigenvalue weighted by Crippen LogP contribution is 2.44. The first-order valence-electron chi connectivity index (χ1n) is 8.74. The van der Waals surface area contributed by atoms with Gasteiger partial charge in [-0.3, -0.25) is 0 Å². The third-order valence-electron chi connectivity index (χ3n) is 4.78. The second-order valence-corrected chi connectivity index (χ2v) is 7.03. The van der Waals surface area contributed by atoms with Crippen molar-refractivity contribution in [3.63, 3.8) is 0 Å². The SMILES string of the molecule is COc1cc(-c2cnsc2-c2ccc3c(ccn3CN)c2)cc(OC)c1OC. The van der Waals surface area contributed by atoms with Gasteiger partial charge in [0.25, 0.3) is 0 Å². The Bertz CT molecular complexity index is 1110. The lowest BCUT2D eigenvalue weighted by molar-refractivity contribution is 0.324. The van der Waals surface area contributed by atoms with E-state index in [9.17, 15) is 0 Å². The maximum Gasteiger partial charge on any atom is 0.203 e. The van der Waals surface area contributed by atoms with E-state index in [1.165, 1.54) is 11.5 Å². The zero-order valence-electron chi connectivity index (χ0n) is 15.9. The summed E-state index contributed by atoms with van der Waals surface area (Å²) >= 11 is 1.46. The van der Waals surface area contributed by atoms with Crippen molar-refractivity contribution in [3.8, 4) is 38.8 Å². The van der Waals surface area contributed by atoms with Crippen LogP contribution in [0.25, 0.3) is 32.5 Å². The fourth-order valence-electron chi connectivity index (χ4n) is 3.39. The third-order valence-corrected chi connectivity index (χ3v) is 5.63. The van der Waals surface area contributed by atoms with Gasteiger partial charge in [-0.05, 0) is 53.0 Å². The standard InChI is InChI=1S/C21H21N3O3S/c1-25-18-9-15(10-19(26-2)20(18)27-3)16-11-23-28-21(16)14-4-5-17-13(8-14)6-7-24(17)12-22/h4-11H,12,22H2,1-3H3. The van der Waals surface area contributed by atoms with Crippen molar-refractivity contribution in [2.24, 2.45) is 5.73 Å². The van der Waals surface area contributed by atoms with Crippen LogP contribution in [0.4, 0.5) is 0 Å². The number of hydrogen-bond acceptors (Lipinski definition) is 6.